The van der Waals surface area contributed by atoms with Crippen LogP contribution in [0.4, 0.5) is 5.69 Å². The van der Waals surface area contributed by atoms with Gasteiger partial charge in [-0.15, -0.1) is 4.83 Å². The van der Waals surface area contributed by atoms with Crippen molar-refractivity contribution in [3.05, 3.63) is 48.5 Å². The minimum atomic E-state index is -3.80. The molecule has 0 unspecified atom stereocenters. The third kappa shape index (κ3) is 3.65. The van der Waals surface area contributed by atoms with Gasteiger partial charge in [0.05, 0.1) is 14.2 Å². The number of hydrogen-bond acceptors (Lipinski definition) is 5. The first kappa shape index (κ1) is 15.1. The molecule has 0 saturated carbocycles. The SMILES string of the molecule is COc1ccc(OC)c(S(=O)(=O)NNc2ccccc2)c1. The molecule has 0 radical (unpaired) electrons. The second kappa shape index (κ2) is 6.47. The van der Waals surface area contributed by atoms with E-state index in [1.165, 1.54) is 26.4 Å². The predicted octanol–water partition coefficient (Wildman–Crippen LogP) is 2.01. The van der Waals surface area contributed by atoms with Crippen molar-refractivity contribution in [1.82, 2.24) is 4.83 Å². The molecule has 2 rings (SSSR count). The van der Waals surface area contributed by atoms with Gasteiger partial charge in [-0.2, -0.15) is 0 Å². The largest absolute Gasteiger partial charge is 0.497 e. The molecule has 0 heterocycles. The molecule has 0 fully saturated rings. The van der Waals surface area contributed by atoms with Gasteiger partial charge in [0.15, 0.2) is 0 Å². The van der Waals surface area contributed by atoms with Crippen LogP contribution in [0.1, 0.15) is 0 Å². The molecule has 0 atom stereocenters. The Hall–Kier alpha value is -2.25. The van der Waals surface area contributed by atoms with Crippen LogP contribution in [0, 0.1) is 0 Å². The van der Waals surface area contributed by atoms with Gasteiger partial charge in [-0.3, -0.25) is 0 Å². The number of nitrogens with one attached hydrogen (secondary N) is 2. The van der Waals surface area contributed by atoms with Crippen molar-refractivity contribution in [1.29, 1.82) is 0 Å². The number of para-hydroxylation sites is 1. The van der Waals surface area contributed by atoms with Crippen LogP contribution in [0.15, 0.2) is 53.4 Å². The Morgan fingerprint density at radius 1 is 0.952 bits per heavy atom. The minimum absolute atomic E-state index is 0.00668. The molecule has 7 heteroatoms. The van der Waals surface area contributed by atoms with Gasteiger partial charge in [-0.05, 0) is 24.3 Å². The van der Waals surface area contributed by atoms with E-state index in [1.807, 2.05) is 6.07 Å². The maximum absolute atomic E-state index is 12.3. The molecule has 0 aliphatic rings. The fourth-order valence-electron chi connectivity index (χ4n) is 1.70. The van der Waals surface area contributed by atoms with Gasteiger partial charge >= 0.3 is 0 Å². The molecule has 0 aromatic heterocycles. The van der Waals surface area contributed by atoms with Crippen LogP contribution in [-0.4, -0.2) is 22.6 Å². The summed E-state index contributed by atoms with van der Waals surface area (Å²) in [7, 11) is -0.926. The first-order chi connectivity index (χ1) is 10.1. The number of ether oxygens (including phenoxy) is 2. The lowest BCUT2D eigenvalue weighted by atomic mass is 10.3. The van der Waals surface area contributed by atoms with Crippen LogP contribution < -0.4 is 19.7 Å². The van der Waals surface area contributed by atoms with Crippen molar-refractivity contribution in [2.45, 2.75) is 4.90 Å². The second-order valence-corrected chi connectivity index (χ2v) is 5.76. The first-order valence-corrected chi connectivity index (χ1v) is 7.60. The van der Waals surface area contributed by atoms with E-state index in [4.69, 9.17) is 9.47 Å². The molecule has 0 spiro atoms. The molecular formula is C14H16N2O4S. The Morgan fingerprint density at radius 2 is 1.67 bits per heavy atom. The van der Waals surface area contributed by atoms with Gasteiger partial charge in [0.2, 0.25) is 0 Å². The summed E-state index contributed by atoms with van der Waals surface area (Å²) in [5, 5.41) is 0. The highest BCUT2D eigenvalue weighted by Gasteiger charge is 2.20. The van der Waals surface area contributed by atoms with Gasteiger partial charge in [0.25, 0.3) is 10.0 Å². The quantitative estimate of drug-likeness (QED) is 0.798. The number of methoxy groups -OCH3 is 2. The van der Waals surface area contributed by atoms with Crippen LogP contribution >= 0.6 is 0 Å². The Labute approximate surface area is 123 Å². The lowest BCUT2D eigenvalue weighted by Crippen LogP contribution is -2.29. The van der Waals surface area contributed by atoms with E-state index in [1.54, 1.807) is 30.3 Å². The number of benzene rings is 2. The highest BCUT2D eigenvalue weighted by atomic mass is 32.2. The predicted molar refractivity (Wildman–Crippen MR) is 79.9 cm³/mol. The van der Waals surface area contributed by atoms with Crippen molar-refractivity contribution >= 4 is 15.7 Å². The van der Waals surface area contributed by atoms with Crippen LogP contribution in [0.5, 0.6) is 11.5 Å². The standard InChI is InChI=1S/C14H16N2O4S/c1-19-12-8-9-13(20-2)14(10-12)21(17,18)16-15-11-6-4-3-5-7-11/h3-10,15-16H,1-2H3. The van der Waals surface area contributed by atoms with E-state index in [0.717, 1.165) is 0 Å². The summed E-state index contributed by atoms with van der Waals surface area (Å²) in [6, 6.07) is 13.5. The van der Waals surface area contributed by atoms with Crippen molar-refractivity contribution in [2.24, 2.45) is 0 Å². The molecule has 0 aliphatic carbocycles. The molecule has 0 amide bonds. The van der Waals surface area contributed by atoms with Crippen LogP contribution in [0.25, 0.3) is 0 Å². The van der Waals surface area contributed by atoms with Gasteiger partial charge in [0.1, 0.15) is 16.4 Å². The van der Waals surface area contributed by atoms with Gasteiger partial charge in [-0.1, -0.05) is 18.2 Å². The molecule has 0 bridgehead atoms. The molecule has 2 N–H and O–H groups in total. The summed E-state index contributed by atoms with van der Waals surface area (Å²) in [6.07, 6.45) is 0. The molecule has 0 aliphatic heterocycles. The molecule has 21 heavy (non-hydrogen) atoms. The van der Waals surface area contributed by atoms with Crippen molar-refractivity contribution < 1.29 is 17.9 Å². The summed E-state index contributed by atoms with van der Waals surface area (Å²) < 4.78 is 34.8. The molecule has 112 valence electrons. The molecule has 6 nitrogen and oxygen atoms in total. The van der Waals surface area contributed by atoms with Crippen molar-refractivity contribution in [2.75, 3.05) is 19.6 Å². The molecule has 0 saturated heterocycles. The minimum Gasteiger partial charge on any atom is -0.497 e. The van der Waals surface area contributed by atoms with Crippen LogP contribution in [-0.2, 0) is 10.0 Å². The smallest absolute Gasteiger partial charge is 0.261 e. The van der Waals surface area contributed by atoms with E-state index in [0.29, 0.717) is 11.4 Å². The van der Waals surface area contributed by atoms with Crippen molar-refractivity contribution in [3.8, 4) is 11.5 Å². The Balaban J connectivity index is 2.26. The molecule has 2 aromatic carbocycles. The number of anilines is 1. The van der Waals surface area contributed by atoms with E-state index < -0.39 is 10.0 Å². The number of rotatable bonds is 6. The third-order valence-corrected chi connectivity index (χ3v) is 4.03. The molecule has 2 aromatic rings. The van der Waals surface area contributed by atoms with Crippen LogP contribution in [0.2, 0.25) is 0 Å². The lowest BCUT2D eigenvalue weighted by Gasteiger charge is -2.13. The van der Waals surface area contributed by atoms with Crippen LogP contribution in [0.3, 0.4) is 0 Å². The zero-order valence-corrected chi connectivity index (χ0v) is 12.5. The normalized spacial score (nSPS) is 11.0. The average Bonchev–Trinajstić information content (AvgIpc) is 2.53. The monoisotopic (exact) mass is 308 g/mol. The summed E-state index contributed by atoms with van der Waals surface area (Å²) in [6.45, 7) is 0. The Bertz CT molecular complexity index is 702. The first-order valence-electron chi connectivity index (χ1n) is 6.12. The highest BCUT2D eigenvalue weighted by molar-refractivity contribution is 7.89. The number of sulfonamides is 1. The topological polar surface area (TPSA) is 76.7 Å². The summed E-state index contributed by atoms with van der Waals surface area (Å²) in [4.78, 5) is 2.30. The van der Waals surface area contributed by atoms with E-state index in [9.17, 15) is 8.42 Å². The highest BCUT2D eigenvalue weighted by Crippen LogP contribution is 2.27. The number of hydrogen-bond donors (Lipinski definition) is 2. The third-order valence-electron chi connectivity index (χ3n) is 2.76. The van der Waals surface area contributed by atoms with Gasteiger partial charge in [-0.25, -0.2) is 8.42 Å². The fourth-order valence-corrected chi connectivity index (χ4v) is 2.75. The van der Waals surface area contributed by atoms with E-state index in [2.05, 4.69) is 10.3 Å². The Kier molecular flexibility index (Phi) is 4.66. The number of hydrazine groups is 1. The average molecular weight is 308 g/mol. The maximum atomic E-state index is 12.3. The Morgan fingerprint density at radius 3 is 2.29 bits per heavy atom. The van der Waals surface area contributed by atoms with Gasteiger partial charge < -0.3 is 14.9 Å². The zero-order chi connectivity index (χ0) is 15.3. The van der Waals surface area contributed by atoms with E-state index >= 15 is 0 Å². The maximum Gasteiger partial charge on any atom is 0.261 e. The molecular weight excluding hydrogens is 292 g/mol. The summed E-state index contributed by atoms with van der Waals surface area (Å²) in [5.74, 6) is 0.661. The summed E-state index contributed by atoms with van der Waals surface area (Å²) in [5.41, 5.74) is 3.27. The van der Waals surface area contributed by atoms with E-state index in [-0.39, 0.29) is 10.6 Å². The summed E-state index contributed by atoms with van der Waals surface area (Å²) >= 11 is 0. The second-order valence-electron chi connectivity index (χ2n) is 4.11. The zero-order valence-electron chi connectivity index (χ0n) is 11.7. The lowest BCUT2D eigenvalue weighted by molar-refractivity contribution is 0.392. The fraction of sp³-hybridized carbons (Fsp3) is 0.143. The van der Waals surface area contributed by atoms with Crippen molar-refractivity contribution in [3.63, 3.8) is 0 Å². The van der Waals surface area contributed by atoms with Gasteiger partial charge in [0, 0.05) is 11.8 Å².